The fourth-order valence-corrected chi connectivity index (χ4v) is 2.23. The molecule has 0 spiro atoms. The van der Waals surface area contributed by atoms with Crippen molar-refractivity contribution in [3.63, 3.8) is 0 Å². The van der Waals surface area contributed by atoms with E-state index in [1.54, 1.807) is 13.4 Å². The first-order valence-electron chi connectivity index (χ1n) is 7.82. The molecule has 0 saturated heterocycles. The van der Waals surface area contributed by atoms with Crippen LogP contribution in [0.4, 0.5) is 0 Å². The SMILES string of the molecule is COc1ccc(-c2nc(CNCCOc3ccccc3)co2)cc1. The monoisotopic (exact) mass is 324 g/mol. The van der Waals surface area contributed by atoms with Crippen LogP contribution in [0.3, 0.4) is 0 Å². The van der Waals surface area contributed by atoms with E-state index in [4.69, 9.17) is 13.9 Å². The smallest absolute Gasteiger partial charge is 0.226 e. The zero-order chi connectivity index (χ0) is 16.6. The molecule has 0 radical (unpaired) electrons. The van der Waals surface area contributed by atoms with Crippen LogP contribution in [0.5, 0.6) is 11.5 Å². The van der Waals surface area contributed by atoms with Crippen LogP contribution in [0, 0.1) is 0 Å². The number of aromatic nitrogens is 1. The van der Waals surface area contributed by atoms with Gasteiger partial charge in [0.05, 0.1) is 12.8 Å². The topological polar surface area (TPSA) is 56.5 Å². The van der Waals surface area contributed by atoms with Crippen LogP contribution in [0.1, 0.15) is 5.69 Å². The molecule has 0 amide bonds. The highest BCUT2D eigenvalue weighted by atomic mass is 16.5. The van der Waals surface area contributed by atoms with Crippen molar-refractivity contribution < 1.29 is 13.9 Å². The molecular formula is C19H20N2O3. The van der Waals surface area contributed by atoms with Crippen molar-refractivity contribution in [2.24, 2.45) is 0 Å². The third-order valence-electron chi connectivity index (χ3n) is 3.49. The Morgan fingerprint density at radius 3 is 2.54 bits per heavy atom. The zero-order valence-corrected chi connectivity index (χ0v) is 13.6. The van der Waals surface area contributed by atoms with E-state index in [0.717, 1.165) is 29.3 Å². The third-order valence-corrected chi connectivity index (χ3v) is 3.49. The van der Waals surface area contributed by atoms with Gasteiger partial charge in [-0.15, -0.1) is 0 Å². The molecule has 5 nitrogen and oxygen atoms in total. The summed E-state index contributed by atoms with van der Waals surface area (Å²) in [4.78, 5) is 4.48. The van der Waals surface area contributed by atoms with Crippen LogP contribution in [0.2, 0.25) is 0 Å². The highest BCUT2D eigenvalue weighted by Crippen LogP contribution is 2.21. The van der Waals surface area contributed by atoms with E-state index >= 15 is 0 Å². The Morgan fingerprint density at radius 2 is 1.79 bits per heavy atom. The maximum Gasteiger partial charge on any atom is 0.226 e. The van der Waals surface area contributed by atoms with Crippen LogP contribution < -0.4 is 14.8 Å². The molecule has 0 aliphatic heterocycles. The zero-order valence-electron chi connectivity index (χ0n) is 13.6. The molecule has 1 aromatic heterocycles. The second-order valence-corrected chi connectivity index (χ2v) is 5.21. The molecule has 5 heteroatoms. The van der Waals surface area contributed by atoms with Crippen LogP contribution >= 0.6 is 0 Å². The van der Waals surface area contributed by atoms with Gasteiger partial charge in [0.2, 0.25) is 5.89 Å². The molecule has 0 bridgehead atoms. The number of nitrogens with one attached hydrogen (secondary N) is 1. The summed E-state index contributed by atoms with van der Waals surface area (Å²) in [5, 5.41) is 3.29. The van der Waals surface area contributed by atoms with Gasteiger partial charge in [0.1, 0.15) is 24.4 Å². The van der Waals surface area contributed by atoms with Gasteiger partial charge in [0.15, 0.2) is 0 Å². The van der Waals surface area contributed by atoms with E-state index in [1.807, 2.05) is 54.6 Å². The van der Waals surface area contributed by atoms with Gasteiger partial charge in [-0.25, -0.2) is 4.98 Å². The largest absolute Gasteiger partial charge is 0.497 e. The van der Waals surface area contributed by atoms with Gasteiger partial charge in [0.25, 0.3) is 0 Å². The normalized spacial score (nSPS) is 10.5. The van der Waals surface area contributed by atoms with Gasteiger partial charge in [-0.2, -0.15) is 0 Å². The standard InChI is InChI=1S/C19H20N2O3/c1-22-17-9-7-15(8-10-17)19-21-16(14-24-19)13-20-11-12-23-18-5-3-2-4-6-18/h2-10,14,20H,11-13H2,1H3. The molecule has 124 valence electrons. The number of benzene rings is 2. The van der Waals surface area contributed by atoms with Crippen molar-refractivity contribution in [3.05, 3.63) is 66.6 Å². The Bertz CT molecular complexity index is 739. The van der Waals surface area contributed by atoms with Crippen LogP contribution in [-0.4, -0.2) is 25.2 Å². The second-order valence-electron chi connectivity index (χ2n) is 5.21. The lowest BCUT2D eigenvalue weighted by molar-refractivity contribution is 0.313. The number of rotatable bonds is 8. The fourth-order valence-electron chi connectivity index (χ4n) is 2.23. The summed E-state index contributed by atoms with van der Waals surface area (Å²) in [7, 11) is 1.64. The highest BCUT2D eigenvalue weighted by Gasteiger charge is 2.06. The van der Waals surface area contributed by atoms with Crippen molar-refractivity contribution in [2.75, 3.05) is 20.3 Å². The molecule has 0 atom stereocenters. The number of hydrogen-bond donors (Lipinski definition) is 1. The molecule has 1 heterocycles. The van der Waals surface area contributed by atoms with Gasteiger partial charge in [-0.3, -0.25) is 0 Å². The lowest BCUT2D eigenvalue weighted by Gasteiger charge is -2.06. The highest BCUT2D eigenvalue weighted by molar-refractivity contribution is 5.54. The second kappa shape index (κ2) is 8.17. The summed E-state index contributed by atoms with van der Waals surface area (Å²) in [6.45, 7) is 1.98. The Kier molecular flexibility index (Phi) is 5.48. The van der Waals surface area contributed by atoms with Gasteiger partial charge < -0.3 is 19.2 Å². The maximum atomic E-state index is 5.62. The van der Waals surface area contributed by atoms with Gasteiger partial charge in [-0.05, 0) is 36.4 Å². The number of para-hydroxylation sites is 1. The van der Waals surface area contributed by atoms with Crippen molar-refractivity contribution in [1.29, 1.82) is 0 Å². The molecule has 0 unspecified atom stereocenters. The fraction of sp³-hybridized carbons (Fsp3) is 0.211. The number of ether oxygens (including phenoxy) is 2. The van der Waals surface area contributed by atoms with Crippen molar-refractivity contribution >= 4 is 0 Å². The molecule has 24 heavy (non-hydrogen) atoms. The number of nitrogens with zero attached hydrogens (tertiary/aromatic N) is 1. The molecule has 2 aromatic carbocycles. The Hall–Kier alpha value is -2.79. The predicted octanol–water partition coefficient (Wildman–Crippen LogP) is 3.52. The van der Waals surface area contributed by atoms with Crippen LogP contribution in [0.25, 0.3) is 11.5 Å². The molecule has 1 N–H and O–H groups in total. The summed E-state index contributed by atoms with van der Waals surface area (Å²) < 4.78 is 16.3. The first-order valence-corrected chi connectivity index (χ1v) is 7.82. The average molecular weight is 324 g/mol. The molecule has 3 rings (SSSR count). The minimum absolute atomic E-state index is 0.604. The third kappa shape index (κ3) is 4.36. The Morgan fingerprint density at radius 1 is 1.00 bits per heavy atom. The first kappa shape index (κ1) is 16.1. The van der Waals surface area contributed by atoms with E-state index in [0.29, 0.717) is 19.0 Å². The number of hydrogen-bond acceptors (Lipinski definition) is 5. The van der Waals surface area contributed by atoms with Gasteiger partial charge in [0, 0.05) is 18.7 Å². The van der Waals surface area contributed by atoms with E-state index in [-0.39, 0.29) is 0 Å². The van der Waals surface area contributed by atoms with Crippen molar-refractivity contribution in [1.82, 2.24) is 10.3 Å². The Balaban J connectivity index is 1.44. The number of oxazole rings is 1. The first-order chi connectivity index (χ1) is 11.8. The van der Waals surface area contributed by atoms with E-state index in [1.165, 1.54) is 0 Å². The average Bonchev–Trinajstić information content (AvgIpc) is 3.11. The van der Waals surface area contributed by atoms with Crippen LogP contribution in [-0.2, 0) is 6.54 Å². The van der Waals surface area contributed by atoms with E-state index in [2.05, 4.69) is 10.3 Å². The lowest BCUT2D eigenvalue weighted by Crippen LogP contribution is -2.20. The molecule has 0 aliphatic rings. The molecular weight excluding hydrogens is 304 g/mol. The van der Waals surface area contributed by atoms with E-state index in [9.17, 15) is 0 Å². The maximum absolute atomic E-state index is 5.62. The molecule has 3 aromatic rings. The molecule has 0 saturated carbocycles. The van der Waals surface area contributed by atoms with Gasteiger partial charge in [-0.1, -0.05) is 18.2 Å². The Labute approximate surface area is 141 Å². The predicted molar refractivity (Wildman–Crippen MR) is 92.1 cm³/mol. The number of methoxy groups -OCH3 is 1. The van der Waals surface area contributed by atoms with Gasteiger partial charge >= 0.3 is 0 Å². The van der Waals surface area contributed by atoms with Crippen molar-refractivity contribution in [2.45, 2.75) is 6.54 Å². The van der Waals surface area contributed by atoms with Crippen LogP contribution in [0.15, 0.2) is 65.3 Å². The molecule has 0 aliphatic carbocycles. The van der Waals surface area contributed by atoms with E-state index < -0.39 is 0 Å². The quantitative estimate of drug-likeness (QED) is 0.643. The summed E-state index contributed by atoms with van der Waals surface area (Å²) >= 11 is 0. The lowest BCUT2D eigenvalue weighted by atomic mass is 10.2. The summed E-state index contributed by atoms with van der Waals surface area (Å²) in [5.74, 6) is 2.29. The van der Waals surface area contributed by atoms with Crippen molar-refractivity contribution in [3.8, 4) is 23.0 Å². The summed E-state index contributed by atoms with van der Waals surface area (Å²) in [6, 6.07) is 17.4. The summed E-state index contributed by atoms with van der Waals surface area (Å²) in [6.07, 6.45) is 1.67. The minimum atomic E-state index is 0.604. The summed E-state index contributed by atoms with van der Waals surface area (Å²) in [5.41, 5.74) is 1.79. The molecule has 0 fully saturated rings. The minimum Gasteiger partial charge on any atom is -0.497 e.